The number of nitrogens with zero attached hydrogens (tertiary/aromatic N) is 2. The number of Topliss-reactive ketones (excluding diaryl/α,β-unsaturated/α-hetero) is 1. The van der Waals surface area contributed by atoms with E-state index in [-0.39, 0.29) is 34.5 Å². The van der Waals surface area contributed by atoms with Gasteiger partial charge in [-0.3, -0.25) is 9.59 Å². The molecule has 8 heteroatoms. The molecule has 2 atom stereocenters. The van der Waals surface area contributed by atoms with Crippen LogP contribution in [0.4, 0.5) is 5.69 Å². The predicted molar refractivity (Wildman–Crippen MR) is 90.9 cm³/mol. The van der Waals surface area contributed by atoms with E-state index in [1.165, 1.54) is 25.6 Å². The highest BCUT2D eigenvalue weighted by molar-refractivity contribution is 8.16. The van der Waals surface area contributed by atoms with E-state index in [9.17, 15) is 18.0 Å². The molecule has 0 aromatic heterocycles. The zero-order valence-corrected chi connectivity index (χ0v) is 14.4. The molecule has 2 aliphatic rings. The highest BCUT2D eigenvalue weighted by atomic mass is 32.2. The van der Waals surface area contributed by atoms with Crippen molar-refractivity contribution in [1.29, 1.82) is 0 Å². The topological polar surface area (TPSA) is 83.9 Å². The Morgan fingerprint density at radius 2 is 1.83 bits per heavy atom. The molecule has 0 radical (unpaired) electrons. The van der Waals surface area contributed by atoms with Crippen LogP contribution in [0.1, 0.15) is 24.2 Å². The highest BCUT2D eigenvalue weighted by Crippen LogP contribution is 2.40. The Labute approximate surface area is 138 Å². The van der Waals surface area contributed by atoms with E-state index in [0.29, 0.717) is 10.7 Å². The van der Waals surface area contributed by atoms with Gasteiger partial charge in [-0.2, -0.15) is 4.99 Å². The number of hydrogen-bond donors (Lipinski definition) is 0. The van der Waals surface area contributed by atoms with Crippen molar-refractivity contribution in [2.45, 2.75) is 25.1 Å². The van der Waals surface area contributed by atoms with E-state index < -0.39 is 9.84 Å². The van der Waals surface area contributed by atoms with Crippen LogP contribution in [-0.2, 0) is 14.6 Å². The number of aliphatic imine (C=N–C) groups is 1. The summed E-state index contributed by atoms with van der Waals surface area (Å²) in [5, 5.41) is 0.406. The molecule has 2 saturated heterocycles. The number of hydrogen-bond acceptors (Lipinski definition) is 5. The average Bonchev–Trinajstić information content (AvgIpc) is 2.89. The molecule has 0 aliphatic carbocycles. The molecule has 0 spiro atoms. The monoisotopic (exact) mass is 352 g/mol. The van der Waals surface area contributed by atoms with Crippen LogP contribution in [0.2, 0.25) is 0 Å². The number of amidine groups is 1. The number of rotatable bonds is 2. The molecule has 23 heavy (non-hydrogen) atoms. The third-order valence-corrected chi connectivity index (χ3v) is 7.08. The van der Waals surface area contributed by atoms with Gasteiger partial charge in [-0.25, -0.2) is 8.42 Å². The van der Waals surface area contributed by atoms with Crippen LogP contribution < -0.4 is 4.90 Å². The van der Waals surface area contributed by atoms with Gasteiger partial charge in [0.1, 0.15) is 0 Å². The van der Waals surface area contributed by atoms with E-state index in [2.05, 4.69) is 4.99 Å². The average molecular weight is 352 g/mol. The Morgan fingerprint density at radius 1 is 1.17 bits per heavy atom. The van der Waals surface area contributed by atoms with E-state index >= 15 is 0 Å². The highest BCUT2D eigenvalue weighted by Gasteiger charge is 2.49. The fourth-order valence-corrected chi connectivity index (χ4v) is 6.82. The lowest BCUT2D eigenvalue weighted by molar-refractivity contribution is -0.115. The lowest BCUT2D eigenvalue weighted by Gasteiger charge is -2.24. The van der Waals surface area contributed by atoms with Gasteiger partial charge in [-0.05, 0) is 31.2 Å². The summed E-state index contributed by atoms with van der Waals surface area (Å²) in [5.41, 5.74) is 1.33. The second-order valence-corrected chi connectivity index (χ2v) is 9.05. The standard InChI is InChI=1S/C15H16N2O4S2/c1-9(18)11-3-5-12(6-4-11)17-13-7-23(20,21)8-14(13)22-15(17)16-10(2)19/h3-6,13-14H,7-8H2,1-2H3. The molecular weight excluding hydrogens is 336 g/mol. The Hall–Kier alpha value is -1.67. The van der Waals surface area contributed by atoms with Crippen molar-refractivity contribution >= 4 is 44.1 Å². The summed E-state index contributed by atoms with van der Waals surface area (Å²) in [7, 11) is -3.08. The Balaban J connectivity index is 2.00. The molecule has 2 unspecified atom stereocenters. The lowest BCUT2D eigenvalue weighted by Crippen LogP contribution is -2.37. The summed E-state index contributed by atoms with van der Waals surface area (Å²) in [6, 6.07) is 6.70. The summed E-state index contributed by atoms with van der Waals surface area (Å²) in [4.78, 5) is 28.6. The van der Waals surface area contributed by atoms with Gasteiger partial charge in [0, 0.05) is 23.4 Å². The van der Waals surface area contributed by atoms with Crippen molar-refractivity contribution in [3.05, 3.63) is 29.8 Å². The van der Waals surface area contributed by atoms with Crippen LogP contribution in [0.5, 0.6) is 0 Å². The number of ketones is 1. The van der Waals surface area contributed by atoms with Gasteiger partial charge in [0.15, 0.2) is 20.8 Å². The predicted octanol–water partition coefficient (Wildman–Crippen LogP) is 1.51. The molecule has 1 aromatic carbocycles. The first-order valence-corrected chi connectivity index (χ1v) is 9.83. The quantitative estimate of drug-likeness (QED) is 0.750. The normalized spacial score (nSPS) is 27.2. The SMILES string of the molecule is CC(=O)N=C1SC2CS(=O)(=O)CC2N1c1ccc(C(C)=O)cc1. The van der Waals surface area contributed by atoms with Crippen molar-refractivity contribution in [1.82, 2.24) is 0 Å². The first-order valence-electron chi connectivity index (χ1n) is 7.13. The fraction of sp³-hybridized carbons (Fsp3) is 0.400. The largest absolute Gasteiger partial charge is 0.316 e. The lowest BCUT2D eigenvalue weighted by atomic mass is 10.1. The van der Waals surface area contributed by atoms with E-state index in [4.69, 9.17) is 0 Å². The van der Waals surface area contributed by atoms with Gasteiger partial charge in [0.25, 0.3) is 0 Å². The van der Waals surface area contributed by atoms with Crippen LogP contribution in [-0.4, -0.2) is 48.1 Å². The van der Waals surface area contributed by atoms with Crippen LogP contribution in [0.15, 0.2) is 29.3 Å². The number of carbonyl (C=O) groups is 2. The first-order chi connectivity index (χ1) is 10.8. The number of amides is 1. The van der Waals surface area contributed by atoms with E-state index in [0.717, 1.165) is 5.69 Å². The van der Waals surface area contributed by atoms with Crippen LogP contribution in [0, 0.1) is 0 Å². The summed E-state index contributed by atoms with van der Waals surface area (Å²) in [6.07, 6.45) is 0. The van der Waals surface area contributed by atoms with Gasteiger partial charge in [0.2, 0.25) is 5.91 Å². The molecule has 2 aliphatic heterocycles. The number of benzene rings is 1. The number of carbonyl (C=O) groups excluding carboxylic acids is 2. The minimum absolute atomic E-state index is 0.0358. The third kappa shape index (κ3) is 3.18. The van der Waals surface area contributed by atoms with Crippen molar-refractivity contribution in [3.63, 3.8) is 0 Å². The molecule has 2 fully saturated rings. The minimum atomic E-state index is -3.08. The molecule has 1 amide bonds. The number of fused-ring (bicyclic) bond motifs is 1. The van der Waals surface area contributed by atoms with Gasteiger partial charge >= 0.3 is 0 Å². The van der Waals surface area contributed by atoms with Crippen molar-refractivity contribution < 1.29 is 18.0 Å². The van der Waals surface area contributed by atoms with Crippen molar-refractivity contribution in [2.24, 2.45) is 4.99 Å². The number of sulfone groups is 1. The Bertz CT molecular complexity index is 799. The molecule has 3 rings (SSSR count). The molecule has 0 bridgehead atoms. The first kappa shape index (κ1) is 16.2. The maximum Gasteiger partial charge on any atom is 0.244 e. The molecule has 0 N–H and O–H groups in total. The van der Waals surface area contributed by atoms with Crippen LogP contribution >= 0.6 is 11.8 Å². The van der Waals surface area contributed by atoms with E-state index in [1.807, 2.05) is 4.90 Å². The Morgan fingerprint density at radius 3 is 2.39 bits per heavy atom. The second kappa shape index (κ2) is 5.76. The number of thioether (sulfide) groups is 1. The number of anilines is 1. The third-order valence-electron chi connectivity index (χ3n) is 3.87. The molecule has 6 nitrogen and oxygen atoms in total. The zero-order chi connectivity index (χ0) is 16.8. The fourth-order valence-electron chi connectivity index (χ4n) is 2.86. The zero-order valence-electron chi connectivity index (χ0n) is 12.7. The summed E-state index contributed by atoms with van der Waals surface area (Å²) >= 11 is 1.33. The molecular formula is C15H16N2O4S2. The molecule has 122 valence electrons. The van der Waals surface area contributed by atoms with E-state index in [1.54, 1.807) is 24.3 Å². The molecule has 2 heterocycles. The van der Waals surface area contributed by atoms with Crippen LogP contribution in [0.3, 0.4) is 0 Å². The van der Waals surface area contributed by atoms with Gasteiger partial charge in [0.05, 0.1) is 17.5 Å². The van der Waals surface area contributed by atoms with Gasteiger partial charge in [-0.15, -0.1) is 0 Å². The van der Waals surface area contributed by atoms with Gasteiger partial charge < -0.3 is 4.90 Å². The summed E-state index contributed by atoms with van der Waals surface area (Å²) in [5.74, 6) is -0.205. The smallest absolute Gasteiger partial charge is 0.244 e. The minimum Gasteiger partial charge on any atom is -0.316 e. The Kier molecular flexibility index (Phi) is 4.05. The van der Waals surface area contributed by atoms with Crippen LogP contribution in [0.25, 0.3) is 0 Å². The van der Waals surface area contributed by atoms with Gasteiger partial charge in [-0.1, -0.05) is 11.8 Å². The van der Waals surface area contributed by atoms with Crippen molar-refractivity contribution in [2.75, 3.05) is 16.4 Å². The summed E-state index contributed by atoms with van der Waals surface area (Å²) < 4.78 is 23.8. The summed E-state index contributed by atoms with van der Waals surface area (Å²) in [6.45, 7) is 2.86. The molecule has 1 aromatic rings. The molecule has 0 saturated carbocycles. The second-order valence-electron chi connectivity index (χ2n) is 5.69. The maximum absolute atomic E-state index is 11.9. The maximum atomic E-state index is 11.9. The van der Waals surface area contributed by atoms with Crippen molar-refractivity contribution in [3.8, 4) is 0 Å².